The molecule has 0 bridgehead atoms. The van der Waals surface area contributed by atoms with Crippen molar-refractivity contribution in [2.75, 3.05) is 12.3 Å². The van der Waals surface area contributed by atoms with Gasteiger partial charge in [-0.1, -0.05) is 23.4 Å². The number of halogens is 1. The molecule has 1 fully saturated rings. The van der Waals surface area contributed by atoms with Gasteiger partial charge in [-0.2, -0.15) is 0 Å². The van der Waals surface area contributed by atoms with Crippen LogP contribution in [0, 0.1) is 17.3 Å². The van der Waals surface area contributed by atoms with Crippen LogP contribution in [-0.2, 0) is 0 Å². The van der Waals surface area contributed by atoms with Crippen molar-refractivity contribution < 1.29 is 5.11 Å². The van der Waals surface area contributed by atoms with Gasteiger partial charge < -0.3 is 10.8 Å². The maximum Gasteiger partial charge on any atom is 0.0647 e. The zero-order valence-corrected chi connectivity index (χ0v) is 9.01. The number of nitrogen functional groups attached to an aromatic ring is 1. The number of benzene rings is 1. The van der Waals surface area contributed by atoms with E-state index >= 15 is 0 Å². The topological polar surface area (TPSA) is 46.2 Å². The molecule has 0 saturated heterocycles. The molecule has 2 rings (SSSR count). The summed E-state index contributed by atoms with van der Waals surface area (Å²) < 4.78 is 0. The quantitative estimate of drug-likeness (QED) is 0.563. The van der Waals surface area contributed by atoms with E-state index in [1.165, 1.54) is 0 Å². The summed E-state index contributed by atoms with van der Waals surface area (Å²) in [6, 6.07) is 5.32. The summed E-state index contributed by atoms with van der Waals surface area (Å²) in [5.74, 6) is 6.10. The zero-order valence-electron chi connectivity index (χ0n) is 8.26. The van der Waals surface area contributed by atoms with Gasteiger partial charge in [0.25, 0.3) is 0 Å². The average Bonchev–Trinajstić information content (AvgIpc) is 3.01. The van der Waals surface area contributed by atoms with Gasteiger partial charge in [0.15, 0.2) is 0 Å². The highest BCUT2D eigenvalue weighted by Crippen LogP contribution is 2.44. The molecule has 0 radical (unpaired) electrons. The third-order valence-corrected chi connectivity index (χ3v) is 2.96. The number of nitrogens with two attached hydrogens (primary N) is 1. The van der Waals surface area contributed by atoms with Gasteiger partial charge in [0, 0.05) is 5.56 Å². The van der Waals surface area contributed by atoms with Crippen LogP contribution in [0.25, 0.3) is 0 Å². The highest BCUT2D eigenvalue weighted by Gasteiger charge is 2.40. The average molecular weight is 222 g/mol. The molecular formula is C12H12ClNO. The largest absolute Gasteiger partial charge is 0.398 e. The van der Waals surface area contributed by atoms with E-state index in [2.05, 4.69) is 11.8 Å². The Morgan fingerprint density at radius 2 is 2.20 bits per heavy atom. The number of aliphatic hydroxyl groups excluding tert-OH is 1. The first kappa shape index (κ1) is 10.4. The van der Waals surface area contributed by atoms with E-state index in [-0.39, 0.29) is 12.0 Å². The minimum Gasteiger partial charge on any atom is -0.398 e. The molecule has 1 aliphatic carbocycles. The van der Waals surface area contributed by atoms with Crippen molar-refractivity contribution in [1.29, 1.82) is 0 Å². The maximum absolute atomic E-state index is 9.08. The fourth-order valence-corrected chi connectivity index (χ4v) is 1.46. The van der Waals surface area contributed by atoms with E-state index in [1.54, 1.807) is 12.1 Å². The second-order valence-electron chi connectivity index (χ2n) is 3.92. The number of aliphatic hydroxyl groups is 1. The van der Waals surface area contributed by atoms with E-state index in [0.29, 0.717) is 10.7 Å². The minimum absolute atomic E-state index is 0.142. The molecule has 0 heterocycles. The van der Waals surface area contributed by atoms with Crippen molar-refractivity contribution in [3.05, 3.63) is 28.8 Å². The molecule has 0 aliphatic heterocycles. The third-order valence-electron chi connectivity index (χ3n) is 2.63. The molecule has 0 aromatic heterocycles. The molecule has 3 N–H and O–H groups in total. The van der Waals surface area contributed by atoms with Crippen LogP contribution in [0.2, 0.25) is 5.02 Å². The molecular weight excluding hydrogens is 210 g/mol. The molecule has 1 aromatic rings. The first-order valence-electron chi connectivity index (χ1n) is 4.84. The minimum atomic E-state index is -0.145. The van der Waals surface area contributed by atoms with E-state index in [1.807, 2.05) is 6.07 Å². The Bertz CT molecular complexity index is 441. The molecule has 3 heteroatoms. The van der Waals surface area contributed by atoms with E-state index in [4.69, 9.17) is 22.4 Å². The van der Waals surface area contributed by atoms with Crippen molar-refractivity contribution in [2.24, 2.45) is 5.41 Å². The van der Waals surface area contributed by atoms with Crippen LogP contribution in [0.5, 0.6) is 0 Å². The van der Waals surface area contributed by atoms with Crippen LogP contribution in [0.1, 0.15) is 18.4 Å². The highest BCUT2D eigenvalue weighted by atomic mass is 35.5. The molecule has 0 spiro atoms. The van der Waals surface area contributed by atoms with Crippen molar-refractivity contribution in [3.8, 4) is 11.8 Å². The van der Waals surface area contributed by atoms with Gasteiger partial charge in [-0.05, 0) is 31.0 Å². The van der Waals surface area contributed by atoms with Crippen LogP contribution < -0.4 is 5.73 Å². The predicted octanol–water partition coefficient (Wildman–Crippen LogP) is 2.05. The lowest BCUT2D eigenvalue weighted by molar-refractivity contribution is 0.247. The van der Waals surface area contributed by atoms with Crippen LogP contribution in [0.3, 0.4) is 0 Å². The van der Waals surface area contributed by atoms with Gasteiger partial charge >= 0.3 is 0 Å². The second-order valence-corrected chi connectivity index (χ2v) is 4.33. The van der Waals surface area contributed by atoms with Crippen molar-refractivity contribution in [2.45, 2.75) is 12.8 Å². The maximum atomic E-state index is 9.08. The van der Waals surface area contributed by atoms with Crippen LogP contribution in [-0.4, -0.2) is 11.7 Å². The summed E-state index contributed by atoms with van der Waals surface area (Å²) in [5, 5.41) is 9.61. The molecule has 1 aromatic carbocycles. The molecule has 0 atom stereocenters. The smallest absolute Gasteiger partial charge is 0.0647 e. The van der Waals surface area contributed by atoms with Crippen molar-refractivity contribution in [3.63, 3.8) is 0 Å². The number of anilines is 1. The summed E-state index contributed by atoms with van der Waals surface area (Å²) >= 11 is 5.87. The van der Waals surface area contributed by atoms with Crippen LogP contribution in [0.4, 0.5) is 5.69 Å². The Morgan fingerprint density at radius 3 is 2.73 bits per heavy atom. The summed E-state index contributed by atoms with van der Waals surface area (Å²) in [6.45, 7) is 0.142. The number of hydrogen-bond acceptors (Lipinski definition) is 2. The van der Waals surface area contributed by atoms with Gasteiger partial charge in [-0.15, -0.1) is 0 Å². The van der Waals surface area contributed by atoms with E-state index in [0.717, 1.165) is 18.4 Å². The monoisotopic (exact) mass is 221 g/mol. The Hall–Kier alpha value is -1.17. The Morgan fingerprint density at radius 1 is 1.47 bits per heavy atom. The molecule has 0 unspecified atom stereocenters. The first-order chi connectivity index (χ1) is 7.15. The normalized spacial score (nSPS) is 16.7. The fraction of sp³-hybridized carbons (Fsp3) is 0.333. The molecule has 2 nitrogen and oxygen atoms in total. The predicted molar refractivity (Wildman–Crippen MR) is 61.5 cm³/mol. The number of rotatable bonds is 1. The highest BCUT2D eigenvalue weighted by molar-refractivity contribution is 6.33. The van der Waals surface area contributed by atoms with Gasteiger partial charge in [0.05, 0.1) is 22.7 Å². The van der Waals surface area contributed by atoms with E-state index < -0.39 is 0 Å². The third kappa shape index (κ3) is 2.26. The van der Waals surface area contributed by atoms with Crippen molar-refractivity contribution in [1.82, 2.24) is 0 Å². The van der Waals surface area contributed by atoms with Crippen LogP contribution >= 0.6 is 11.6 Å². The summed E-state index contributed by atoms with van der Waals surface area (Å²) in [7, 11) is 0. The summed E-state index contributed by atoms with van der Waals surface area (Å²) in [5.41, 5.74) is 6.85. The van der Waals surface area contributed by atoms with Gasteiger partial charge in [-0.3, -0.25) is 0 Å². The zero-order chi connectivity index (χ0) is 10.9. The standard InChI is InChI=1S/C12H12ClNO/c13-10-7-9(1-2-11(10)14)3-4-12(8-15)5-6-12/h1-2,7,15H,5-6,8,14H2. The van der Waals surface area contributed by atoms with E-state index in [9.17, 15) is 0 Å². The Balaban J connectivity index is 2.21. The van der Waals surface area contributed by atoms with Gasteiger partial charge in [-0.25, -0.2) is 0 Å². The van der Waals surface area contributed by atoms with Gasteiger partial charge in [0.1, 0.15) is 0 Å². The second kappa shape index (κ2) is 3.77. The first-order valence-corrected chi connectivity index (χ1v) is 5.22. The lowest BCUT2D eigenvalue weighted by Gasteiger charge is -2.00. The molecule has 1 aliphatic rings. The fourth-order valence-electron chi connectivity index (χ4n) is 1.28. The van der Waals surface area contributed by atoms with Crippen molar-refractivity contribution >= 4 is 17.3 Å². The van der Waals surface area contributed by atoms with Crippen LogP contribution in [0.15, 0.2) is 18.2 Å². The molecule has 15 heavy (non-hydrogen) atoms. The summed E-state index contributed by atoms with van der Waals surface area (Å²) in [6.07, 6.45) is 1.97. The summed E-state index contributed by atoms with van der Waals surface area (Å²) in [4.78, 5) is 0. The number of hydrogen-bond donors (Lipinski definition) is 2. The molecule has 0 amide bonds. The lowest BCUT2D eigenvalue weighted by atomic mass is 10.1. The Labute approximate surface area is 94.1 Å². The Kier molecular flexibility index (Phi) is 2.60. The molecule has 78 valence electrons. The lowest BCUT2D eigenvalue weighted by Crippen LogP contribution is -2.01. The molecule has 1 saturated carbocycles. The van der Waals surface area contributed by atoms with Gasteiger partial charge in [0.2, 0.25) is 0 Å². The SMILES string of the molecule is Nc1ccc(C#CC2(CO)CC2)cc1Cl.